The lowest BCUT2D eigenvalue weighted by atomic mass is 10.1. The maximum atomic E-state index is 12.8. The van der Waals surface area contributed by atoms with Crippen LogP contribution in [0.25, 0.3) is 0 Å². The zero-order valence-electron chi connectivity index (χ0n) is 14.4. The van der Waals surface area contributed by atoms with Crippen LogP contribution in [0.15, 0.2) is 23.3 Å². The van der Waals surface area contributed by atoms with Crippen molar-refractivity contribution in [3.8, 4) is 0 Å². The minimum atomic E-state index is -4.42. The van der Waals surface area contributed by atoms with Gasteiger partial charge in [-0.2, -0.15) is 18.3 Å². The van der Waals surface area contributed by atoms with Gasteiger partial charge in [0.2, 0.25) is 0 Å². The van der Waals surface area contributed by atoms with E-state index in [2.05, 4.69) is 5.10 Å². The first kappa shape index (κ1) is 17.7. The molecule has 144 valence electrons. The van der Waals surface area contributed by atoms with Gasteiger partial charge in [0, 0.05) is 18.0 Å². The Morgan fingerprint density at radius 2 is 2.00 bits per heavy atom. The van der Waals surface area contributed by atoms with Crippen molar-refractivity contribution in [3.63, 3.8) is 0 Å². The zero-order chi connectivity index (χ0) is 19.5. The molecule has 2 aromatic heterocycles. The number of hydrogen-bond donors (Lipinski definition) is 0. The molecule has 1 fully saturated rings. The number of carbonyl (C=O) groups is 1. The van der Waals surface area contributed by atoms with Gasteiger partial charge < -0.3 is 14.4 Å². The Morgan fingerprint density at radius 3 is 2.63 bits per heavy atom. The first-order valence-corrected chi connectivity index (χ1v) is 8.11. The Hall–Kier alpha value is -2.66. The van der Waals surface area contributed by atoms with Crippen LogP contribution >= 0.6 is 0 Å². The molecule has 27 heavy (non-hydrogen) atoms. The largest absolute Gasteiger partial charge is 0.408 e. The number of nitrogens with zero attached hydrogens (tertiary/aromatic N) is 4. The van der Waals surface area contributed by atoms with Gasteiger partial charge >= 0.3 is 6.18 Å². The highest BCUT2D eigenvalue weighted by Gasteiger charge is 2.37. The lowest BCUT2D eigenvalue weighted by molar-refractivity contribution is -0.413. The van der Waals surface area contributed by atoms with E-state index in [0.29, 0.717) is 16.8 Å². The summed E-state index contributed by atoms with van der Waals surface area (Å²) in [5.41, 5.74) is 1.03. The van der Waals surface area contributed by atoms with Crippen molar-refractivity contribution in [3.05, 3.63) is 45.6 Å². The summed E-state index contributed by atoms with van der Waals surface area (Å²) in [5.74, 6) is -0.421. The average molecular weight is 384 g/mol. The van der Waals surface area contributed by atoms with E-state index in [4.69, 9.17) is 9.47 Å². The van der Waals surface area contributed by atoms with Gasteiger partial charge in [0.15, 0.2) is 6.29 Å². The summed E-state index contributed by atoms with van der Waals surface area (Å²) in [4.78, 5) is 26.5. The molecule has 1 amide bonds. The summed E-state index contributed by atoms with van der Waals surface area (Å²) < 4.78 is 50.1. The molecule has 11 heteroatoms. The van der Waals surface area contributed by atoms with Gasteiger partial charge in [-0.1, -0.05) is 0 Å². The molecule has 0 saturated carbocycles. The molecule has 4 rings (SSSR count). The molecule has 1 saturated heterocycles. The van der Waals surface area contributed by atoms with Crippen molar-refractivity contribution in [1.82, 2.24) is 14.3 Å². The lowest BCUT2D eigenvalue weighted by Gasteiger charge is -2.35. The molecule has 0 unspecified atom stereocenters. The number of fused-ring (bicyclic) bond motifs is 1. The SMILES string of the molecule is Cc1c2c(cc(=O)n1C1OC(C)O1)CN(c1cnn(CC(F)(F)F)c1)C2=O. The third-order valence-corrected chi connectivity index (χ3v) is 4.47. The van der Waals surface area contributed by atoms with E-state index in [1.54, 1.807) is 13.8 Å². The molecule has 0 radical (unpaired) electrons. The fraction of sp³-hybridized carbons (Fsp3) is 0.438. The molecular formula is C16H15F3N4O4. The quantitative estimate of drug-likeness (QED) is 0.808. The Balaban J connectivity index is 1.65. The second kappa shape index (κ2) is 5.92. The van der Waals surface area contributed by atoms with Crippen LogP contribution in [0.5, 0.6) is 0 Å². The number of anilines is 1. The number of pyridine rings is 1. The van der Waals surface area contributed by atoms with E-state index in [1.807, 2.05) is 0 Å². The number of aromatic nitrogens is 3. The van der Waals surface area contributed by atoms with Crippen LogP contribution in [0.3, 0.4) is 0 Å². The molecule has 2 aliphatic rings. The number of ether oxygens (including phenoxy) is 2. The predicted molar refractivity (Wildman–Crippen MR) is 84.9 cm³/mol. The van der Waals surface area contributed by atoms with Crippen molar-refractivity contribution in [2.75, 3.05) is 4.90 Å². The molecule has 0 aromatic carbocycles. The first-order chi connectivity index (χ1) is 12.6. The van der Waals surface area contributed by atoms with E-state index in [9.17, 15) is 22.8 Å². The molecule has 0 N–H and O–H groups in total. The fourth-order valence-electron chi connectivity index (χ4n) is 3.30. The topological polar surface area (TPSA) is 78.6 Å². The first-order valence-electron chi connectivity index (χ1n) is 8.11. The van der Waals surface area contributed by atoms with Crippen LogP contribution in [0.1, 0.15) is 35.0 Å². The number of halogens is 3. The van der Waals surface area contributed by atoms with Crippen LogP contribution in [0, 0.1) is 6.92 Å². The van der Waals surface area contributed by atoms with Crippen molar-refractivity contribution in [2.24, 2.45) is 0 Å². The Bertz CT molecular complexity index is 975. The number of carbonyl (C=O) groups excluding carboxylic acids is 1. The highest BCUT2D eigenvalue weighted by Crippen LogP contribution is 2.32. The van der Waals surface area contributed by atoms with Crippen LogP contribution in [0.2, 0.25) is 0 Å². The van der Waals surface area contributed by atoms with Crippen molar-refractivity contribution in [2.45, 2.75) is 45.8 Å². The smallest absolute Gasteiger partial charge is 0.305 e. The highest BCUT2D eigenvalue weighted by molar-refractivity contribution is 6.10. The zero-order valence-corrected chi connectivity index (χ0v) is 14.4. The van der Waals surface area contributed by atoms with Gasteiger partial charge in [-0.15, -0.1) is 0 Å². The van der Waals surface area contributed by atoms with Crippen LogP contribution in [0.4, 0.5) is 18.9 Å². The number of rotatable bonds is 3. The maximum absolute atomic E-state index is 12.8. The summed E-state index contributed by atoms with van der Waals surface area (Å²) >= 11 is 0. The minimum absolute atomic E-state index is 0.0750. The van der Waals surface area contributed by atoms with E-state index in [0.717, 1.165) is 10.9 Å². The standard InChI is InChI=1S/C16H15F3N4O4/c1-8-13-10(3-12(24)23(8)15-26-9(2)27-15)5-22(14(13)25)11-4-20-21(6-11)7-16(17,18)19/h3-4,6,9,15H,5,7H2,1-2H3. The normalized spacial score (nSPS) is 22.1. The Labute approximate surface area is 150 Å². The van der Waals surface area contributed by atoms with Gasteiger partial charge in [-0.05, 0) is 19.4 Å². The van der Waals surface area contributed by atoms with Gasteiger partial charge in [-0.3, -0.25) is 18.8 Å². The predicted octanol–water partition coefficient (Wildman–Crippen LogP) is 1.92. The fourth-order valence-corrected chi connectivity index (χ4v) is 3.30. The molecule has 0 aliphatic carbocycles. The van der Waals surface area contributed by atoms with Crippen molar-refractivity contribution >= 4 is 11.6 Å². The van der Waals surface area contributed by atoms with Gasteiger partial charge in [-0.25, -0.2) is 0 Å². The molecule has 2 aliphatic heterocycles. The molecule has 0 bridgehead atoms. The second-order valence-electron chi connectivity index (χ2n) is 6.39. The van der Waals surface area contributed by atoms with E-state index in [1.165, 1.54) is 21.7 Å². The van der Waals surface area contributed by atoms with Crippen molar-refractivity contribution < 1.29 is 27.4 Å². The second-order valence-corrected chi connectivity index (χ2v) is 6.39. The summed E-state index contributed by atoms with van der Waals surface area (Å²) in [6.07, 6.45) is -3.41. The van der Waals surface area contributed by atoms with Gasteiger partial charge in [0.25, 0.3) is 17.9 Å². The van der Waals surface area contributed by atoms with Crippen LogP contribution in [-0.4, -0.2) is 32.7 Å². The summed E-state index contributed by atoms with van der Waals surface area (Å²) in [6.45, 7) is 2.10. The van der Waals surface area contributed by atoms with Gasteiger partial charge in [0.1, 0.15) is 6.54 Å². The molecule has 0 spiro atoms. The molecular weight excluding hydrogens is 369 g/mol. The van der Waals surface area contributed by atoms with Crippen LogP contribution in [-0.2, 0) is 22.6 Å². The molecule has 4 heterocycles. The summed E-state index contributed by atoms with van der Waals surface area (Å²) in [6, 6.07) is 1.32. The lowest BCUT2D eigenvalue weighted by Crippen LogP contribution is -2.42. The van der Waals surface area contributed by atoms with E-state index < -0.39 is 31.3 Å². The minimum Gasteiger partial charge on any atom is -0.305 e. The Kier molecular flexibility index (Phi) is 3.89. The molecule has 8 nitrogen and oxygen atoms in total. The highest BCUT2D eigenvalue weighted by atomic mass is 19.4. The Morgan fingerprint density at radius 1 is 1.30 bits per heavy atom. The van der Waals surface area contributed by atoms with E-state index >= 15 is 0 Å². The number of alkyl halides is 3. The van der Waals surface area contributed by atoms with E-state index in [-0.39, 0.29) is 17.8 Å². The molecule has 2 aromatic rings. The number of amides is 1. The number of hydrogen-bond acceptors (Lipinski definition) is 5. The van der Waals surface area contributed by atoms with Crippen molar-refractivity contribution in [1.29, 1.82) is 0 Å². The molecule has 0 atom stereocenters. The third kappa shape index (κ3) is 3.02. The van der Waals surface area contributed by atoms with Gasteiger partial charge in [0.05, 0.1) is 24.0 Å². The monoisotopic (exact) mass is 384 g/mol. The third-order valence-electron chi connectivity index (χ3n) is 4.47. The van der Waals surface area contributed by atoms with Crippen LogP contribution < -0.4 is 10.5 Å². The summed E-state index contributed by atoms with van der Waals surface area (Å²) in [5, 5.41) is 3.66. The maximum Gasteiger partial charge on any atom is 0.408 e. The summed E-state index contributed by atoms with van der Waals surface area (Å²) in [7, 11) is 0. The average Bonchev–Trinajstić information content (AvgIpc) is 3.08.